The van der Waals surface area contributed by atoms with Crippen LogP contribution in [0.5, 0.6) is 0 Å². The van der Waals surface area contributed by atoms with Crippen molar-refractivity contribution in [3.05, 3.63) is 23.8 Å². The maximum Gasteiger partial charge on any atom is 0.244 e. The zero-order valence-corrected chi connectivity index (χ0v) is 12.6. The number of aryl methyl sites for hydroxylation is 1. The molecule has 7 nitrogen and oxygen atoms in total. The van der Waals surface area contributed by atoms with Crippen LogP contribution >= 0.6 is 0 Å². The number of benzene rings is 1. The molecule has 1 aliphatic heterocycles. The van der Waals surface area contributed by atoms with Gasteiger partial charge in [0.05, 0.1) is 4.90 Å². The van der Waals surface area contributed by atoms with Crippen molar-refractivity contribution in [2.45, 2.75) is 30.2 Å². The Bertz CT molecular complexity index is 651. The van der Waals surface area contributed by atoms with E-state index in [1.54, 1.807) is 19.1 Å². The van der Waals surface area contributed by atoms with Gasteiger partial charge >= 0.3 is 0 Å². The molecule has 21 heavy (non-hydrogen) atoms. The van der Waals surface area contributed by atoms with Crippen LogP contribution in [0, 0.1) is 6.92 Å². The molecule has 1 saturated heterocycles. The van der Waals surface area contributed by atoms with Crippen LogP contribution in [0.25, 0.3) is 0 Å². The summed E-state index contributed by atoms with van der Waals surface area (Å²) in [6.45, 7) is 2.49. The second kappa shape index (κ2) is 5.72. The molecule has 5 N–H and O–H groups in total. The third-order valence-corrected chi connectivity index (χ3v) is 4.64. The third-order valence-electron chi connectivity index (χ3n) is 3.59. The zero-order valence-electron chi connectivity index (χ0n) is 11.8. The summed E-state index contributed by atoms with van der Waals surface area (Å²) in [5.41, 5.74) is 5.94. The molecule has 116 valence electrons. The van der Waals surface area contributed by atoms with Gasteiger partial charge in [0.15, 0.2) is 0 Å². The van der Waals surface area contributed by atoms with Crippen LogP contribution in [0.4, 0.5) is 5.69 Å². The second-order valence-electron chi connectivity index (χ2n) is 5.25. The molecule has 0 bridgehead atoms. The fraction of sp³-hybridized carbons (Fsp3) is 0.462. The first kappa shape index (κ1) is 15.9. The Labute approximate surface area is 123 Å². The number of rotatable bonds is 3. The molecular weight excluding hydrogens is 294 g/mol. The molecule has 1 fully saturated rings. The lowest BCUT2D eigenvalue weighted by Crippen LogP contribution is -2.54. The van der Waals surface area contributed by atoms with Gasteiger partial charge in [0.1, 0.15) is 5.54 Å². The molecular formula is C13H19N3O4S. The van der Waals surface area contributed by atoms with Gasteiger partial charge in [-0.15, -0.1) is 0 Å². The Morgan fingerprint density at radius 1 is 1.33 bits per heavy atom. The minimum atomic E-state index is -3.83. The van der Waals surface area contributed by atoms with E-state index in [0.29, 0.717) is 37.3 Å². The molecule has 0 spiro atoms. The highest BCUT2D eigenvalue weighted by Gasteiger charge is 2.36. The molecule has 0 aromatic heterocycles. The third kappa shape index (κ3) is 3.59. The van der Waals surface area contributed by atoms with Gasteiger partial charge in [-0.1, -0.05) is 6.07 Å². The fourth-order valence-corrected chi connectivity index (χ4v) is 3.01. The molecule has 0 aliphatic carbocycles. The van der Waals surface area contributed by atoms with Crippen molar-refractivity contribution in [3.8, 4) is 0 Å². The van der Waals surface area contributed by atoms with Crippen LogP contribution in [0.3, 0.4) is 0 Å². The highest BCUT2D eigenvalue weighted by atomic mass is 32.2. The van der Waals surface area contributed by atoms with E-state index in [9.17, 15) is 13.2 Å². The van der Waals surface area contributed by atoms with Crippen LogP contribution in [-0.4, -0.2) is 33.1 Å². The van der Waals surface area contributed by atoms with Crippen molar-refractivity contribution in [2.75, 3.05) is 18.5 Å². The van der Waals surface area contributed by atoms with E-state index in [4.69, 9.17) is 15.6 Å². The van der Waals surface area contributed by atoms with E-state index in [0.717, 1.165) is 0 Å². The highest BCUT2D eigenvalue weighted by Crippen LogP contribution is 2.23. The number of nitrogens with one attached hydrogen (secondary N) is 1. The van der Waals surface area contributed by atoms with Gasteiger partial charge in [-0.25, -0.2) is 13.6 Å². The maximum absolute atomic E-state index is 12.3. The van der Waals surface area contributed by atoms with E-state index >= 15 is 0 Å². The number of primary sulfonamides is 1. The van der Waals surface area contributed by atoms with Gasteiger partial charge in [0.25, 0.3) is 0 Å². The Kier molecular flexibility index (Phi) is 4.33. The molecule has 0 saturated carbocycles. The first-order valence-corrected chi connectivity index (χ1v) is 8.08. The first-order valence-electron chi connectivity index (χ1n) is 6.54. The van der Waals surface area contributed by atoms with E-state index in [1.807, 2.05) is 0 Å². The van der Waals surface area contributed by atoms with Gasteiger partial charge in [-0.2, -0.15) is 0 Å². The predicted octanol–water partition coefficient (Wildman–Crippen LogP) is 0.0888. The smallest absolute Gasteiger partial charge is 0.244 e. The lowest BCUT2D eigenvalue weighted by atomic mass is 9.90. The summed E-state index contributed by atoms with van der Waals surface area (Å²) >= 11 is 0. The second-order valence-corrected chi connectivity index (χ2v) is 6.78. The van der Waals surface area contributed by atoms with Crippen LogP contribution in [0.1, 0.15) is 18.4 Å². The Hall–Kier alpha value is -1.48. The van der Waals surface area contributed by atoms with Crippen molar-refractivity contribution in [1.29, 1.82) is 0 Å². The maximum atomic E-state index is 12.3. The summed E-state index contributed by atoms with van der Waals surface area (Å²) in [4.78, 5) is 12.2. The number of nitrogens with two attached hydrogens (primary N) is 2. The SMILES string of the molecule is Cc1ccc(NC(=O)C2(N)CCOCC2)cc1S(N)(=O)=O. The zero-order chi connectivity index (χ0) is 15.7. The number of carbonyl (C=O) groups is 1. The minimum absolute atomic E-state index is 0.0154. The molecule has 0 radical (unpaired) electrons. The first-order chi connectivity index (χ1) is 9.72. The number of hydrogen-bond acceptors (Lipinski definition) is 5. The largest absolute Gasteiger partial charge is 0.381 e. The standard InChI is InChI=1S/C13H19N3O4S/c1-9-2-3-10(8-11(9)21(15,18)19)16-12(17)13(14)4-6-20-7-5-13/h2-3,8H,4-7,14H2,1H3,(H,16,17)(H2,15,18,19). The van der Waals surface area contributed by atoms with Crippen molar-refractivity contribution >= 4 is 21.6 Å². The van der Waals surface area contributed by atoms with E-state index < -0.39 is 15.6 Å². The monoisotopic (exact) mass is 313 g/mol. The highest BCUT2D eigenvalue weighted by molar-refractivity contribution is 7.89. The normalized spacial score (nSPS) is 18.2. The summed E-state index contributed by atoms with van der Waals surface area (Å²) < 4.78 is 28.1. The lowest BCUT2D eigenvalue weighted by molar-refractivity contribution is -0.124. The lowest BCUT2D eigenvalue weighted by Gasteiger charge is -2.31. The van der Waals surface area contributed by atoms with E-state index in [1.165, 1.54) is 6.07 Å². The average molecular weight is 313 g/mol. The molecule has 1 aromatic carbocycles. The van der Waals surface area contributed by atoms with E-state index in [2.05, 4.69) is 5.32 Å². The van der Waals surface area contributed by atoms with Crippen LogP contribution in [-0.2, 0) is 19.6 Å². The summed E-state index contributed by atoms with van der Waals surface area (Å²) in [5, 5.41) is 7.80. The molecule has 1 amide bonds. The van der Waals surface area contributed by atoms with Gasteiger partial charge in [0.2, 0.25) is 15.9 Å². The number of anilines is 1. The van der Waals surface area contributed by atoms with E-state index in [-0.39, 0.29) is 10.8 Å². The molecule has 0 atom stereocenters. The predicted molar refractivity (Wildman–Crippen MR) is 78.2 cm³/mol. The molecule has 8 heteroatoms. The summed E-state index contributed by atoms with van der Waals surface area (Å²) in [6, 6.07) is 4.54. The Morgan fingerprint density at radius 3 is 2.52 bits per heavy atom. The molecule has 1 heterocycles. The van der Waals surface area contributed by atoms with Crippen molar-refractivity contribution in [2.24, 2.45) is 10.9 Å². The van der Waals surface area contributed by atoms with Crippen LogP contribution in [0.2, 0.25) is 0 Å². The number of amides is 1. The quantitative estimate of drug-likeness (QED) is 0.729. The van der Waals surface area contributed by atoms with Gasteiger partial charge in [-0.05, 0) is 37.5 Å². The topological polar surface area (TPSA) is 125 Å². The number of ether oxygens (including phenoxy) is 1. The van der Waals surface area contributed by atoms with Crippen molar-refractivity contribution in [3.63, 3.8) is 0 Å². The summed E-state index contributed by atoms with van der Waals surface area (Å²) in [7, 11) is -3.83. The van der Waals surface area contributed by atoms with Crippen molar-refractivity contribution < 1.29 is 17.9 Å². The molecule has 0 unspecified atom stereocenters. The van der Waals surface area contributed by atoms with Crippen molar-refractivity contribution in [1.82, 2.24) is 0 Å². The minimum Gasteiger partial charge on any atom is -0.381 e. The van der Waals surface area contributed by atoms with Crippen LogP contribution in [0.15, 0.2) is 23.1 Å². The van der Waals surface area contributed by atoms with Gasteiger partial charge in [-0.3, -0.25) is 4.79 Å². The van der Waals surface area contributed by atoms with Gasteiger partial charge in [0, 0.05) is 18.9 Å². The molecule has 2 rings (SSSR count). The Balaban J connectivity index is 2.22. The van der Waals surface area contributed by atoms with Crippen LogP contribution < -0.4 is 16.2 Å². The number of carbonyl (C=O) groups excluding carboxylic acids is 1. The number of hydrogen-bond donors (Lipinski definition) is 3. The number of sulfonamides is 1. The molecule has 1 aromatic rings. The Morgan fingerprint density at radius 2 is 1.95 bits per heavy atom. The summed E-state index contributed by atoms with van der Waals surface area (Å²) in [5.74, 6) is -0.352. The average Bonchev–Trinajstić information content (AvgIpc) is 2.40. The fourth-order valence-electron chi connectivity index (χ4n) is 2.20. The van der Waals surface area contributed by atoms with Gasteiger partial charge < -0.3 is 15.8 Å². The molecule has 1 aliphatic rings. The summed E-state index contributed by atoms with van der Waals surface area (Å²) in [6.07, 6.45) is 0.847.